The highest BCUT2D eigenvalue weighted by atomic mass is 35.5. The lowest BCUT2D eigenvalue weighted by Gasteiger charge is -2.26. The number of carbonyl (C=O) groups excluding carboxylic acids is 2. The molecule has 0 unspecified atom stereocenters. The van der Waals surface area contributed by atoms with Gasteiger partial charge in [-0.15, -0.1) is 0 Å². The minimum absolute atomic E-state index is 0.135. The topological polar surface area (TPSA) is 89.0 Å². The number of aliphatic imine (C=N–C) groups is 1. The van der Waals surface area contributed by atoms with Gasteiger partial charge < -0.3 is 20.1 Å². The number of ether oxygens (including phenoxy) is 2. The quantitative estimate of drug-likeness (QED) is 0.512. The number of esters is 1. The summed E-state index contributed by atoms with van der Waals surface area (Å²) in [4.78, 5) is 29.9. The van der Waals surface area contributed by atoms with Gasteiger partial charge in [0.2, 0.25) is 5.91 Å². The Morgan fingerprint density at radius 2 is 1.85 bits per heavy atom. The maximum Gasteiger partial charge on any atom is 0.338 e. The number of allylic oxidation sites excluding steroid dienone is 1. The van der Waals surface area contributed by atoms with Gasteiger partial charge in [0.25, 0.3) is 0 Å². The molecule has 3 rings (SSSR count). The van der Waals surface area contributed by atoms with Gasteiger partial charge in [-0.2, -0.15) is 0 Å². The van der Waals surface area contributed by atoms with E-state index >= 15 is 0 Å². The maximum absolute atomic E-state index is 12.8. The van der Waals surface area contributed by atoms with Crippen LogP contribution in [0.3, 0.4) is 0 Å². The number of anilines is 1. The summed E-state index contributed by atoms with van der Waals surface area (Å²) in [5, 5.41) is 7.09. The zero-order chi connectivity index (χ0) is 23.8. The molecule has 2 aromatic rings. The van der Waals surface area contributed by atoms with E-state index in [-0.39, 0.29) is 18.3 Å². The molecular weight excluding hydrogens is 462 g/mol. The summed E-state index contributed by atoms with van der Waals surface area (Å²) >= 11 is 7.14. The van der Waals surface area contributed by atoms with E-state index in [4.69, 9.17) is 26.1 Å². The van der Waals surface area contributed by atoms with Gasteiger partial charge in [0, 0.05) is 22.0 Å². The summed E-state index contributed by atoms with van der Waals surface area (Å²) in [5.74, 6) is 0.161. The minimum Gasteiger partial charge on any atom is -0.494 e. The van der Waals surface area contributed by atoms with E-state index in [0.29, 0.717) is 39.5 Å². The van der Waals surface area contributed by atoms with E-state index in [2.05, 4.69) is 10.6 Å². The number of amides is 1. The summed E-state index contributed by atoms with van der Waals surface area (Å²) in [6.07, 6.45) is 0. The molecule has 1 heterocycles. The number of hydrogen-bond acceptors (Lipinski definition) is 7. The van der Waals surface area contributed by atoms with Crippen molar-refractivity contribution in [1.29, 1.82) is 0 Å². The molecule has 0 aliphatic carbocycles. The van der Waals surface area contributed by atoms with E-state index in [1.165, 1.54) is 11.8 Å². The van der Waals surface area contributed by atoms with Gasteiger partial charge in [-0.3, -0.25) is 4.79 Å². The third-order valence-corrected chi connectivity index (χ3v) is 5.83. The summed E-state index contributed by atoms with van der Waals surface area (Å²) in [6, 6.07) is 13.8. The predicted octanol–water partition coefficient (Wildman–Crippen LogP) is 4.95. The van der Waals surface area contributed by atoms with Crippen molar-refractivity contribution in [3.63, 3.8) is 0 Å². The molecule has 1 atom stereocenters. The predicted molar refractivity (Wildman–Crippen MR) is 133 cm³/mol. The van der Waals surface area contributed by atoms with E-state index in [0.717, 1.165) is 5.56 Å². The Balaban J connectivity index is 1.81. The normalized spacial score (nSPS) is 15.4. The molecule has 2 N–H and O–H groups in total. The molecule has 33 heavy (non-hydrogen) atoms. The van der Waals surface area contributed by atoms with Crippen molar-refractivity contribution in [2.45, 2.75) is 26.8 Å². The molecule has 0 saturated carbocycles. The van der Waals surface area contributed by atoms with Crippen LogP contribution < -0.4 is 15.4 Å². The first-order valence-electron chi connectivity index (χ1n) is 10.6. The minimum atomic E-state index is -0.616. The van der Waals surface area contributed by atoms with Crippen LogP contribution in [-0.4, -0.2) is 36.0 Å². The number of hydrogen-bond donors (Lipinski definition) is 2. The number of carbonyl (C=O) groups is 2. The van der Waals surface area contributed by atoms with Gasteiger partial charge in [-0.25, -0.2) is 9.79 Å². The van der Waals surface area contributed by atoms with Crippen LogP contribution in [0.2, 0.25) is 5.02 Å². The van der Waals surface area contributed by atoms with Gasteiger partial charge in [0.05, 0.1) is 24.5 Å². The number of para-hydroxylation sites is 1. The van der Waals surface area contributed by atoms with Crippen LogP contribution in [0.1, 0.15) is 32.4 Å². The van der Waals surface area contributed by atoms with Crippen LogP contribution in [0.15, 0.2) is 64.8 Å². The average molecular weight is 488 g/mol. The lowest BCUT2D eigenvalue weighted by atomic mass is 9.96. The molecule has 0 aromatic heterocycles. The summed E-state index contributed by atoms with van der Waals surface area (Å²) in [5.41, 5.74) is 2.46. The largest absolute Gasteiger partial charge is 0.494 e. The van der Waals surface area contributed by atoms with E-state index in [1.54, 1.807) is 38.1 Å². The first-order chi connectivity index (χ1) is 15.9. The molecule has 9 heteroatoms. The first kappa shape index (κ1) is 24.7. The van der Waals surface area contributed by atoms with Crippen molar-refractivity contribution in [3.05, 3.63) is 70.4 Å². The highest BCUT2D eigenvalue weighted by molar-refractivity contribution is 8.14. The molecule has 1 amide bonds. The average Bonchev–Trinajstić information content (AvgIpc) is 2.79. The molecule has 1 aliphatic heterocycles. The second-order valence-electron chi connectivity index (χ2n) is 7.04. The summed E-state index contributed by atoms with van der Waals surface area (Å²) < 4.78 is 11.1. The lowest BCUT2D eigenvalue weighted by molar-refractivity contribution is -0.139. The summed E-state index contributed by atoms with van der Waals surface area (Å²) in [7, 11) is 0. The van der Waals surface area contributed by atoms with Gasteiger partial charge >= 0.3 is 5.97 Å². The van der Waals surface area contributed by atoms with Crippen molar-refractivity contribution >= 4 is 46.1 Å². The van der Waals surface area contributed by atoms with Crippen molar-refractivity contribution < 1.29 is 19.1 Å². The zero-order valence-electron chi connectivity index (χ0n) is 18.7. The number of thioether (sulfide) groups is 1. The molecule has 0 bridgehead atoms. The second-order valence-corrected chi connectivity index (χ2v) is 8.44. The van der Waals surface area contributed by atoms with Crippen LogP contribution in [0.4, 0.5) is 5.69 Å². The first-order valence-corrected chi connectivity index (χ1v) is 11.9. The number of amidine groups is 1. The molecule has 2 aromatic carbocycles. The van der Waals surface area contributed by atoms with Crippen LogP contribution in [0, 0.1) is 0 Å². The highest BCUT2D eigenvalue weighted by Crippen LogP contribution is 2.37. The Morgan fingerprint density at radius 1 is 1.12 bits per heavy atom. The van der Waals surface area contributed by atoms with E-state index in [9.17, 15) is 9.59 Å². The second kappa shape index (κ2) is 11.8. The Morgan fingerprint density at radius 3 is 2.55 bits per heavy atom. The molecule has 1 aliphatic rings. The van der Waals surface area contributed by atoms with Crippen LogP contribution in [-0.2, 0) is 14.3 Å². The van der Waals surface area contributed by atoms with Gasteiger partial charge in [0.15, 0.2) is 5.17 Å². The molecule has 0 fully saturated rings. The van der Waals surface area contributed by atoms with Crippen LogP contribution in [0.5, 0.6) is 5.75 Å². The molecule has 0 radical (unpaired) electrons. The molecule has 174 valence electrons. The maximum atomic E-state index is 12.8. The highest BCUT2D eigenvalue weighted by Gasteiger charge is 2.32. The van der Waals surface area contributed by atoms with Crippen LogP contribution in [0.25, 0.3) is 0 Å². The summed E-state index contributed by atoms with van der Waals surface area (Å²) in [6.45, 7) is 6.19. The van der Waals surface area contributed by atoms with Crippen molar-refractivity contribution in [2.24, 2.45) is 4.99 Å². The fourth-order valence-electron chi connectivity index (χ4n) is 3.28. The van der Waals surface area contributed by atoms with Gasteiger partial charge in [-0.05, 0) is 51.1 Å². The van der Waals surface area contributed by atoms with Crippen molar-refractivity contribution in [1.82, 2.24) is 5.32 Å². The fraction of sp³-hybridized carbons (Fsp3) is 0.292. The third-order valence-electron chi connectivity index (χ3n) is 4.69. The third kappa shape index (κ3) is 6.52. The zero-order valence-corrected chi connectivity index (χ0v) is 20.3. The van der Waals surface area contributed by atoms with Crippen molar-refractivity contribution in [2.75, 3.05) is 24.3 Å². The monoisotopic (exact) mass is 487 g/mol. The van der Waals surface area contributed by atoms with Crippen LogP contribution >= 0.6 is 23.4 Å². The number of rotatable bonds is 8. The standard InChI is InChI=1S/C24H26ClN3O4S/c1-4-31-19-9-7-6-8-18(19)22-21(23(30)32-5-2)15(3)26-24(28-22)33-14-20(29)27-17-12-10-16(25)11-13-17/h6-13,22H,4-5,14H2,1-3H3,(H,26,28)(H,27,29)/t22-/m0/s1. The molecule has 0 spiro atoms. The SMILES string of the molecule is CCOC(=O)C1=C(C)NC(SCC(=O)Nc2ccc(Cl)cc2)=N[C@H]1c1ccccc1OCC. The number of nitrogens with zero attached hydrogens (tertiary/aromatic N) is 1. The fourth-order valence-corrected chi connectivity index (χ4v) is 4.15. The number of nitrogens with one attached hydrogen (secondary N) is 2. The molecule has 7 nitrogen and oxygen atoms in total. The Kier molecular flexibility index (Phi) is 8.79. The number of benzene rings is 2. The Bertz CT molecular complexity index is 1070. The van der Waals surface area contributed by atoms with E-state index in [1.807, 2.05) is 31.2 Å². The molecule has 0 saturated heterocycles. The number of halogens is 1. The van der Waals surface area contributed by atoms with Crippen molar-refractivity contribution in [3.8, 4) is 5.75 Å². The molecular formula is C24H26ClN3O4S. The Labute approximate surface area is 202 Å². The van der Waals surface area contributed by atoms with Gasteiger partial charge in [0.1, 0.15) is 11.8 Å². The smallest absolute Gasteiger partial charge is 0.338 e. The lowest BCUT2D eigenvalue weighted by Crippen LogP contribution is -2.31. The Hall–Kier alpha value is -2.97. The van der Waals surface area contributed by atoms with E-state index < -0.39 is 12.0 Å². The van der Waals surface area contributed by atoms with Gasteiger partial charge in [-0.1, -0.05) is 41.6 Å².